The Balaban J connectivity index is 0.00000405. The fourth-order valence-corrected chi connectivity index (χ4v) is 12.0. The first-order chi connectivity index (χ1) is 19.0. The number of rotatable bonds is 10. The zero-order valence-electron chi connectivity index (χ0n) is 26.8. The summed E-state index contributed by atoms with van der Waals surface area (Å²) in [7, 11) is -5.02. The van der Waals surface area contributed by atoms with E-state index in [0.29, 0.717) is 42.3 Å². The first kappa shape index (κ1) is 34.6. The third-order valence-electron chi connectivity index (χ3n) is 13.4. The molecule has 5 aliphatic carbocycles. The number of carbonyl (C=O) groups excluding carboxylic acids is 3. The number of Topliss-reactive ketones (excluding diaryl/α,β-unsaturated/α-hetero) is 2. The largest absolute Gasteiger partial charge is 1.00 e. The van der Waals surface area contributed by atoms with Crippen LogP contribution in [0.2, 0.25) is 0 Å². The van der Waals surface area contributed by atoms with Crippen molar-refractivity contribution >= 4 is 27.9 Å². The predicted molar refractivity (Wildman–Crippen MR) is 151 cm³/mol. The Morgan fingerprint density at radius 2 is 1.57 bits per heavy atom. The molecule has 0 saturated heterocycles. The maximum atomic E-state index is 13.6. The van der Waals surface area contributed by atoms with Gasteiger partial charge in [-0.2, -0.15) is 0 Å². The fourth-order valence-electron chi connectivity index (χ4n) is 11.7. The third kappa shape index (κ3) is 5.22. The molecule has 5 aliphatic rings. The molecule has 0 bridgehead atoms. The minimum Gasteiger partial charge on any atom is -0.726 e. The van der Waals surface area contributed by atoms with E-state index in [1.807, 2.05) is 0 Å². The number of ketones is 2. The van der Waals surface area contributed by atoms with Gasteiger partial charge in [-0.1, -0.05) is 34.6 Å². The molecule has 42 heavy (non-hydrogen) atoms. The van der Waals surface area contributed by atoms with E-state index in [-0.39, 0.29) is 75.9 Å². The van der Waals surface area contributed by atoms with E-state index < -0.39 is 28.4 Å². The van der Waals surface area contributed by atoms with Crippen LogP contribution in [0.4, 0.5) is 0 Å². The van der Waals surface area contributed by atoms with Crippen LogP contribution >= 0.6 is 0 Å². The fraction of sp³-hybridized carbons (Fsp3) is 0.906. The molecule has 8 nitrogen and oxygen atoms in total. The summed E-state index contributed by atoms with van der Waals surface area (Å²) < 4.78 is 44.8. The van der Waals surface area contributed by atoms with Crippen LogP contribution in [0.25, 0.3) is 0 Å². The van der Waals surface area contributed by atoms with Gasteiger partial charge in [-0.3, -0.25) is 18.6 Å². The number of ether oxygens (including phenoxy) is 1. The Morgan fingerprint density at radius 3 is 2.19 bits per heavy atom. The van der Waals surface area contributed by atoms with Gasteiger partial charge in [0.1, 0.15) is 18.2 Å². The number of esters is 1. The summed E-state index contributed by atoms with van der Waals surface area (Å²) >= 11 is 0. The molecule has 0 amide bonds. The smallest absolute Gasteiger partial charge is 0.726 e. The van der Waals surface area contributed by atoms with Crippen LogP contribution in [0, 0.1) is 56.7 Å². The molecule has 2 spiro atoms. The Hall–Kier alpha value is -0.320. The minimum atomic E-state index is -5.02. The summed E-state index contributed by atoms with van der Waals surface area (Å²) in [6, 6.07) is 0. The molecule has 0 radical (unpaired) electrons. The topological polar surface area (TPSA) is 127 Å². The standard InChI is InChI=1S/C32H50O8S.Na/c1-20(2)15-23(34)16-21(3)24-9-11-29(6)25-7-8-26-30(18-39-22(4)33,19-40-41(36,37)38)27(35)10-12-31(26)17-32(25,31)14-13-28(24,29)5;/h20-21,24-26H,7-19H2,1-6H3,(H,36,37,38);/q;+1/p-1/t21-,24-,25+,26+,28-,29+,30+,31-,32+;/m1./s1. The molecule has 0 heterocycles. The van der Waals surface area contributed by atoms with E-state index in [2.05, 4.69) is 34.6 Å². The summed E-state index contributed by atoms with van der Waals surface area (Å²) in [4.78, 5) is 38.2. The summed E-state index contributed by atoms with van der Waals surface area (Å²) in [6.45, 7) is 11.9. The molecule has 9 atom stereocenters. The maximum absolute atomic E-state index is 13.6. The van der Waals surface area contributed by atoms with Crippen LogP contribution in [-0.4, -0.2) is 43.7 Å². The van der Waals surface area contributed by atoms with Crippen molar-refractivity contribution in [3.8, 4) is 0 Å². The van der Waals surface area contributed by atoms with E-state index in [1.54, 1.807) is 0 Å². The molecule has 10 heteroatoms. The Kier molecular flexibility index (Phi) is 9.45. The molecule has 0 unspecified atom stereocenters. The van der Waals surface area contributed by atoms with Crippen LogP contribution in [0.5, 0.6) is 0 Å². The summed E-state index contributed by atoms with van der Waals surface area (Å²) in [6.07, 6.45) is 9.38. The van der Waals surface area contributed by atoms with Gasteiger partial charge in [-0.25, -0.2) is 8.42 Å². The van der Waals surface area contributed by atoms with Gasteiger partial charge in [0.25, 0.3) is 0 Å². The van der Waals surface area contributed by atoms with Gasteiger partial charge in [-0.05, 0) is 103 Å². The van der Waals surface area contributed by atoms with Crippen LogP contribution in [-0.2, 0) is 33.7 Å². The number of carbonyl (C=O) groups is 3. The van der Waals surface area contributed by atoms with Gasteiger partial charge in [0.15, 0.2) is 0 Å². The predicted octanol–water partition coefficient (Wildman–Crippen LogP) is 2.64. The monoisotopic (exact) mass is 616 g/mol. The van der Waals surface area contributed by atoms with Crippen molar-refractivity contribution in [3.05, 3.63) is 0 Å². The molecule has 0 aromatic carbocycles. The summed E-state index contributed by atoms with van der Waals surface area (Å²) in [5.41, 5.74) is -1.14. The number of hydrogen-bond donors (Lipinski definition) is 0. The molecule has 5 rings (SSSR count). The molecule has 0 aliphatic heterocycles. The van der Waals surface area contributed by atoms with E-state index in [4.69, 9.17) is 8.92 Å². The first-order valence-electron chi connectivity index (χ1n) is 15.7. The number of fused-ring (bicyclic) bond motifs is 2. The van der Waals surface area contributed by atoms with Crippen LogP contribution in [0.1, 0.15) is 112 Å². The van der Waals surface area contributed by atoms with Crippen molar-refractivity contribution in [1.82, 2.24) is 0 Å². The second-order valence-electron chi connectivity index (χ2n) is 15.5. The van der Waals surface area contributed by atoms with E-state index >= 15 is 0 Å². The zero-order chi connectivity index (χ0) is 30.2. The average Bonchev–Trinajstić information content (AvgIpc) is 3.44. The van der Waals surface area contributed by atoms with Crippen molar-refractivity contribution in [2.45, 2.75) is 112 Å². The van der Waals surface area contributed by atoms with Gasteiger partial charge in [0.05, 0.1) is 12.0 Å². The van der Waals surface area contributed by atoms with Gasteiger partial charge in [0, 0.05) is 26.2 Å². The molecular weight excluding hydrogens is 567 g/mol. The van der Waals surface area contributed by atoms with Crippen LogP contribution in [0.3, 0.4) is 0 Å². The second kappa shape index (κ2) is 11.5. The molecule has 0 aromatic rings. The van der Waals surface area contributed by atoms with Crippen molar-refractivity contribution in [1.29, 1.82) is 0 Å². The van der Waals surface area contributed by atoms with Gasteiger partial charge in [-0.15, -0.1) is 0 Å². The quantitative estimate of drug-likeness (QED) is 0.159. The van der Waals surface area contributed by atoms with Gasteiger partial charge in [0.2, 0.25) is 10.4 Å². The van der Waals surface area contributed by atoms with Gasteiger partial charge >= 0.3 is 35.5 Å². The molecule has 5 saturated carbocycles. The summed E-state index contributed by atoms with van der Waals surface area (Å²) in [5.74, 6) is 1.19. The average molecular weight is 617 g/mol. The van der Waals surface area contributed by atoms with E-state index in [1.165, 1.54) is 6.92 Å². The molecular formula is C32H49NaO8S. The van der Waals surface area contributed by atoms with Crippen LogP contribution < -0.4 is 29.6 Å². The van der Waals surface area contributed by atoms with Gasteiger partial charge < -0.3 is 9.29 Å². The Bertz CT molecular complexity index is 1220. The molecule has 232 valence electrons. The normalized spacial score (nSPS) is 42.9. The Morgan fingerprint density at radius 1 is 0.929 bits per heavy atom. The SMILES string of the molecule is CC(=O)OC[C@@]1(COS(=O)(=O)[O-])C(=O)CC[C@]23C[C@]24CC[C@]2(C)[C@@H]([C@H](C)CC(=O)CC(C)C)CC[C@@]2(C)[C@@H]4CC[C@@H]13.[Na+]. The second-order valence-corrected chi connectivity index (χ2v) is 16.6. The zero-order valence-corrected chi connectivity index (χ0v) is 29.6. The van der Waals surface area contributed by atoms with Crippen molar-refractivity contribution in [2.75, 3.05) is 13.2 Å². The van der Waals surface area contributed by atoms with Crippen molar-refractivity contribution in [2.24, 2.45) is 56.7 Å². The third-order valence-corrected chi connectivity index (χ3v) is 13.8. The van der Waals surface area contributed by atoms with E-state index in [0.717, 1.165) is 51.4 Å². The molecule has 5 fully saturated rings. The van der Waals surface area contributed by atoms with Crippen molar-refractivity contribution < 1.29 is 65.8 Å². The summed E-state index contributed by atoms with van der Waals surface area (Å²) in [5, 5.41) is 0. The van der Waals surface area contributed by atoms with Crippen molar-refractivity contribution in [3.63, 3.8) is 0 Å². The first-order valence-corrected chi connectivity index (χ1v) is 17.1. The minimum absolute atomic E-state index is 0. The molecule has 0 N–H and O–H groups in total. The van der Waals surface area contributed by atoms with Crippen LogP contribution in [0.15, 0.2) is 0 Å². The Labute approximate surface area is 274 Å². The number of hydrogen-bond acceptors (Lipinski definition) is 8. The maximum Gasteiger partial charge on any atom is 1.00 e. The molecule has 0 aromatic heterocycles. The van der Waals surface area contributed by atoms with E-state index in [9.17, 15) is 27.4 Å².